The SMILES string of the molecule is BCC1(B)CC(B)(NC(=O)c2scc(/C=C\CC)c2N=C)C(=O)NC1=O. The van der Waals surface area contributed by atoms with Gasteiger partial charge in [-0.2, -0.15) is 0 Å². The molecule has 2 rings (SSSR count). The van der Waals surface area contributed by atoms with Gasteiger partial charge >= 0.3 is 0 Å². The zero-order valence-corrected chi connectivity index (χ0v) is 16.5. The summed E-state index contributed by atoms with van der Waals surface area (Å²) in [5, 5.41) is 6.34. The van der Waals surface area contributed by atoms with Crippen molar-refractivity contribution in [1.29, 1.82) is 0 Å². The van der Waals surface area contributed by atoms with Crippen molar-refractivity contribution >= 4 is 71.1 Å². The number of aliphatic imine (C=N–C) groups is 1. The Labute approximate surface area is 160 Å². The van der Waals surface area contributed by atoms with Gasteiger partial charge in [-0.15, -0.1) is 11.3 Å². The average Bonchev–Trinajstić information content (AvgIpc) is 3.01. The van der Waals surface area contributed by atoms with Crippen molar-refractivity contribution in [1.82, 2.24) is 10.6 Å². The highest BCUT2D eigenvalue weighted by Crippen LogP contribution is 2.39. The number of hydrogen-bond donors (Lipinski definition) is 2. The normalized spacial score (nSPS) is 25.9. The van der Waals surface area contributed by atoms with E-state index in [1.807, 2.05) is 32.3 Å². The minimum absolute atomic E-state index is 0.248. The summed E-state index contributed by atoms with van der Waals surface area (Å²) in [6.07, 6.45) is 5.57. The molecule has 0 saturated carbocycles. The second kappa shape index (κ2) is 7.66. The Morgan fingerprint density at radius 3 is 2.73 bits per heavy atom. The van der Waals surface area contributed by atoms with Gasteiger partial charge in [0.15, 0.2) is 0 Å². The molecule has 2 unspecified atom stereocenters. The first-order valence-corrected chi connectivity index (χ1v) is 9.52. The van der Waals surface area contributed by atoms with Crippen LogP contribution in [0.5, 0.6) is 0 Å². The average molecular weight is 369 g/mol. The molecule has 1 aliphatic rings. The van der Waals surface area contributed by atoms with Crippen LogP contribution in [0.15, 0.2) is 16.4 Å². The molecule has 0 aliphatic carbocycles. The molecule has 6 nitrogen and oxygen atoms in total. The molecule has 2 heterocycles. The van der Waals surface area contributed by atoms with Gasteiger partial charge in [0.1, 0.15) is 28.4 Å². The molecule has 0 bridgehead atoms. The second-order valence-corrected chi connectivity index (χ2v) is 7.88. The predicted octanol–water partition coefficient (Wildman–Crippen LogP) is -0.548. The molecule has 1 aliphatic heterocycles. The number of carbonyl (C=O) groups excluding carboxylic acids is 3. The molecule has 26 heavy (non-hydrogen) atoms. The van der Waals surface area contributed by atoms with Crippen molar-refractivity contribution in [3.05, 3.63) is 21.9 Å². The minimum Gasteiger partial charge on any atom is -0.345 e. The highest BCUT2D eigenvalue weighted by Gasteiger charge is 2.49. The zero-order chi connectivity index (χ0) is 19.5. The lowest BCUT2D eigenvalue weighted by Crippen LogP contribution is -2.67. The lowest BCUT2D eigenvalue weighted by molar-refractivity contribution is -0.138. The molecule has 1 aromatic rings. The van der Waals surface area contributed by atoms with Crippen LogP contribution in [0.1, 0.15) is 35.0 Å². The number of nitrogens with one attached hydrogen (secondary N) is 2. The summed E-state index contributed by atoms with van der Waals surface area (Å²) in [6, 6.07) is 0. The number of piperidine rings is 1. The van der Waals surface area contributed by atoms with Gasteiger partial charge in [-0.25, -0.2) is 0 Å². The topological polar surface area (TPSA) is 87.6 Å². The van der Waals surface area contributed by atoms with Gasteiger partial charge in [-0.1, -0.05) is 25.4 Å². The van der Waals surface area contributed by atoms with Crippen LogP contribution in [0.4, 0.5) is 5.69 Å². The Morgan fingerprint density at radius 2 is 2.15 bits per heavy atom. The maximum absolute atomic E-state index is 12.8. The number of allylic oxidation sites excluding steroid dienone is 1. The number of imide groups is 1. The maximum atomic E-state index is 12.8. The first-order chi connectivity index (χ1) is 12.2. The maximum Gasteiger partial charge on any atom is 0.263 e. The number of rotatable bonds is 6. The Kier molecular flexibility index (Phi) is 5.96. The van der Waals surface area contributed by atoms with E-state index in [1.165, 1.54) is 11.3 Å². The Bertz CT molecular complexity index is 795. The fourth-order valence-corrected chi connectivity index (χ4v) is 3.97. The number of carbonyl (C=O) groups is 3. The van der Waals surface area contributed by atoms with E-state index in [0.717, 1.165) is 12.0 Å². The first-order valence-electron chi connectivity index (χ1n) is 8.64. The third-order valence-corrected chi connectivity index (χ3v) is 5.87. The van der Waals surface area contributed by atoms with Gasteiger partial charge in [0.25, 0.3) is 5.91 Å². The van der Waals surface area contributed by atoms with Gasteiger partial charge in [-0.3, -0.25) is 24.7 Å². The molecule has 1 fully saturated rings. The fraction of sp³-hybridized carbons (Fsp3) is 0.375. The van der Waals surface area contributed by atoms with Gasteiger partial charge < -0.3 is 5.32 Å². The molecule has 0 spiro atoms. The third kappa shape index (κ3) is 3.70. The van der Waals surface area contributed by atoms with Gasteiger partial charge in [0.2, 0.25) is 11.8 Å². The van der Waals surface area contributed by atoms with Crippen LogP contribution in [-0.2, 0) is 9.59 Å². The Morgan fingerprint density at radius 1 is 1.46 bits per heavy atom. The van der Waals surface area contributed by atoms with Crippen LogP contribution in [0.2, 0.25) is 11.6 Å². The molecule has 10 heteroatoms. The molecular formula is C16H22B3N3O3S. The van der Waals surface area contributed by atoms with Crippen molar-refractivity contribution in [3.63, 3.8) is 0 Å². The van der Waals surface area contributed by atoms with Crippen LogP contribution < -0.4 is 10.6 Å². The molecule has 0 aromatic carbocycles. The van der Waals surface area contributed by atoms with Crippen LogP contribution in [-0.4, -0.2) is 53.4 Å². The third-order valence-electron chi connectivity index (χ3n) is 4.88. The number of hydrogen-bond acceptors (Lipinski definition) is 5. The summed E-state index contributed by atoms with van der Waals surface area (Å²) in [6.45, 7) is 5.58. The van der Waals surface area contributed by atoms with Crippen LogP contribution in [0, 0.1) is 0 Å². The second-order valence-electron chi connectivity index (χ2n) is 7.00. The van der Waals surface area contributed by atoms with E-state index >= 15 is 0 Å². The highest BCUT2D eigenvalue weighted by molar-refractivity contribution is 7.13. The Hall–Kier alpha value is -2.09. The predicted molar refractivity (Wildman–Crippen MR) is 114 cm³/mol. The monoisotopic (exact) mass is 369 g/mol. The lowest BCUT2D eigenvalue weighted by atomic mass is 9.51. The molecule has 1 saturated heterocycles. The van der Waals surface area contributed by atoms with Crippen molar-refractivity contribution in [2.24, 2.45) is 4.99 Å². The highest BCUT2D eigenvalue weighted by atomic mass is 32.1. The van der Waals surface area contributed by atoms with Crippen LogP contribution >= 0.6 is 11.3 Å². The molecular weight excluding hydrogens is 347 g/mol. The van der Waals surface area contributed by atoms with Gasteiger partial charge in [0, 0.05) is 16.3 Å². The summed E-state index contributed by atoms with van der Waals surface area (Å²) in [5.41, 5.74) is 0.160. The molecule has 3 amide bonds. The van der Waals surface area contributed by atoms with Crippen molar-refractivity contribution in [2.75, 3.05) is 0 Å². The van der Waals surface area contributed by atoms with E-state index in [1.54, 1.807) is 15.7 Å². The fourth-order valence-electron chi connectivity index (χ4n) is 3.08. The van der Waals surface area contributed by atoms with Crippen LogP contribution in [0.3, 0.4) is 0 Å². The standard InChI is InChI=1S/C16H22B3N3O3S/c1-3-4-5-9-6-26-11(10(9)20-2)12(23)22-16(19)7-15(18,8-17)13(24)21-14(16)25/h4-6H,2-3,7-8,17-19H2,1H3,(H,22,23)(H,21,24,25)/b5-4-. The van der Waals surface area contributed by atoms with E-state index in [-0.39, 0.29) is 18.2 Å². The smallest absolute Gasteiger partial charge is 0.263 e. The van der Waals surface area contributed by atoms with E-state index in [2.05, 4.69) is 22.3 Å². The van der Waals surface area contributed by atoms with E-state index in [0.29, 0.717) is 16.9 Å². The summed E-state index contributed by atoms with van der Waals surface area (Å²) < 4.78 is 0. The zero-order valence-electron chi connectivity index (χ0n) is 15.6. The van der Waals surface area contributed by atoms with Gasteiger partial charge in [-0.05, 0) is 19.6 Å². The number of nitrogens with zero attached hydrogens (tertiary/aromatic N) is 1. The number of thiophene rings is 1. The molecule has 2 N–H and O–H groups in total. The largest absolute Gasteiger partial charge is 0.345 e. The molecule has 0 radical (unpaired) electrons. The molecule has 1 aromatic heterocycles. The Balaban J connectivity index is 2.30. The molecule has 134 valence electrons. The summed E-state index contributed by atoms with van der Waals surface area (Å²) in [4.78, 5) is 41.8. The van der Waals surface area contributed by atoms with Gasteiger partial charge in [0.05, 0.1) is 11.1 Å². The lowest BCUT2D eigenvalue weighted by Gasteiger charge is -2.42. The van der Waals surface area contributed by atoms with E-state index < -0.39 is 16.7 Å². The van der Waals surface area contributed by atoms with Crippen molar-refractivity contribution in [2.45, 2.75) is 36.8 Å². The van der Waals surface area contributed by atoms with Crippen molar-refractivity contribution < 1.29 is 14.4 Å². The summed E-state index contributed by atoms with van der Waals surface area (Å²) >= 11 is 1.26. The first kappa shape index (κ1) is 20.2. The van der Waals surface area contributed by atoms with Crippen LogP contribution in [0.25, 0.3) is 6.08 Å². The minimum atomic E-state index is -1.17. The quantitative estimate of drug-likeness (QED) is 0.401. The van der Waals surface area contributed by atoms with Crippen molar-refractivity contribution in [3.8, 4) is 0 Å². The van der Waals surface area contributed by atoms with E-state index in [4.69, 9.17) is 0 Å². The molecule has 2 atom stereocenters. The summed E-state index contributed by atoms with van der Waals surface area (Å²) in [5.74, 6) is -1.18. The van der Waals surface area contributed by atoms with E-state index in [9.17, 15) is 14.4 Å². The number of amides is 3. The summed E-state index contributed by atoms with van der Waals surface area (Å²) in [7, 11) is 5.34.